The Kier molecular flexibility index (Phi) is 4.52. The summed E-state index contributed by atoms with van der Waals surface area (Å²) in [6.07, 6.45) is 1.30. The molecule has 1 aromatic rings. The number of halogens is 1. The molecule has 0 saturated carbocycles. The number of nitrogens with zero attached hydrogens (tertiary/aromatic N) is 2. The lowest BCUT2D eigenvalue weighted by atomic mass is 9.88. The van der Waals surface area contributed by atoms with E-state index in [0.717, 1.165) is 22.0 Å². The third-order valence-corrected chi connectivity index (χ3v) is 3.52. The van der Waals surface area contributed by atoms with Crippen LogP contribution < -0.4 is 0 Å². The van der Waals surface area contributed by atoms with Crippen LogP contribution in [0.15, 0.2) is 16.6 Å². The van der Waals surface area contributed by atoms with E-state index in [-0.39, 0.29) is 0 Å². The quantitative estimate of drug-likeness (QED) is 0.841. The summed E-state index contributed by atoms with van der Waals surface area (Å²) in [4.78, 5) is 0. The number of hydrogen-bond donors (Lipinski definition) is 0. The molecule has 0 aliphatic rings. The van der Waals surface area contributed by atoms with Crippen LogP contribution in [0.5, 0.6) is 0 Å². The molecular weight excluding hydrogens is 264 g/mol. The van der Waals surface area contributed by atoms with Gasteiger partial charge in [0.2, 0.25) is 0 Å². The van der Waals surface area contributed by atoms with Crippen molar-refractivity contribution >= 4 is 15.9 Å². The van der Waals surface area contributed by atoms with Gasteiger partial charge in [-0.05, 0) is 35.6 Å². The number of hydrogen-bond acceptors (Lipinski definition) is 2. The predicted molar refractivity (Wildman–Crippen MR) is 66.9 cm³/mol. The van der Waals surface area contributed by atoms with E-state index in [1.54, 1.807) is 0 Å². The SMILES string of the molecule is CCC(C)c1c(C#N)ccc(Br)c1CC#N. The molecule has 2 nitrogen and oxygen atoms in total. The van der Waals surface area contributed by atoms with Crippen LogP contribution >= 0.6 is 15.9 Å². The molecule has 0 bridgehead atoms. The van der Waals surface area contributed by atoms with Gasteiger partial charge in [-0.25, -0.2) is 0 Å². The van der Waals surface area contributed by atoms with Gasteiger partial charge in [-0.3, -0.25) is 0 Å². The minimum Gasteiger partial charge on any atom is -0.198 e. The third-order valence-electron chi connectivity index (χ3n) is 2.78. The molecule has 1 unspecified atom stereocenters. The van der Waals surface area contributed by atoms with Crippen molar-refractivity contribution in [2.24, 2.45) is 0 Å². The molecule has 16 heavy (non-hydrogen) atoms. The minimum atomic E-state index is 0.301. The number of benzene rings is 1. The van der Waals surface area contributed by atoms with Gasteiger partial charge in [0.15, 0.2) is 0 Å². The summed E-state index contributed by atoms with van der Waals surface area (Å²) in [7, 11) is 0. The van der Waals surface area contributed by atoms with Gasteiger partial charge in [0.25, 0.3) is 0 Å². The highest BCUT2D eigenvalue weighted by Crippen LogP contribution is 2.31. The Balaban J connectivity index is 3.44. The molecule has 3 heteroatoms. The number of nitriles is 2. The Hall–Kier alpha value is -1.32. The molecule has 1 rings (SSSR count). The Labute approximate surface area is 105 Å². The topological polar surface area (TPSA) is 47.6 Å². The average Bonchev–Trinajstić information content (AvgIpc) is 2.30. The van der Waals surface area contributed by atoms with Crippen molar-refractivity contribution in [1.29, 1.82) is 10.5 Å². The fourth-order valence-electron chi connectivity index (χ4n) is 1.76. The van der Waals surface area contributed by atoms with Gasteiger partial charge >= 0.3 is 0 Å². The van der Waals surface area contributed by atoms with E-state index in [4.69, 9.17) is 10.5 Å². The fraction of sp³-hybridized carbons (Fsp3) is 0.385. The molecule has 0 radical (unpaired) electrons. The molecule has 0 aliphatic carbocycles. The first-order valence-corrected chi connectivity index (χ1v) is 6.03. The highest BCUT2D eigenvalue weighted by molar-refractivity contribution is 9.10. The summed E-state index contributed by atoms with van der Waals surface area (Å²) < 4.78 is 0.920. The molecule has 0 N–H and O–H groups in total. The van der Waals surface area contributed by atoms with Crippen LogP contribution in [0.2, 0.25) is 0 Å². The lowest BCUT2D eigenvalue weighted by Gasteiger charge is -2.16. The smallest absolute Gasteiger partial charge is 0.0994 e. The molecule has 0 spiro atoms. The van der Waals surface area contributed by atoms with Crippen LogP contribution in [0.1, 0.15) is 42.9 Å². The first kappa shape index (κ1) is 12.7. The van der Waals surface area contributed by atoms with Crippen LogP contribution in [0.25, 0.3) is 0 Å². The van der Waals surface area contributed by atoms with Crippen molar-refractivity contribution in [3.05, 3.63) is 33.3 Å². The summed E-state index contributed by atoms with van der Waals surface area (Å²) in [5.41, 5.74) is 2.65. The zero-order valence-corrected chi connectivity index (χ0v) is 11.0. The molecule has 82 valence electrons. The van der Waals surface area contributed by atoms with Crippen LogP contribution in [-0.2, 0) is 6.42 Å². The summed E-state index contributed by atoms with van der Waals surface area (Å²) in [5.74, 6) is 0.301. The maximum atomic E-state index is 9.10. The van der Waals surface area contributed by atoms with Gasteiger partial charge in [0.05, 0.1) is 24.1 Å². The zero-order valence-electron chi connectivity index (χ0n) is 9.42. The Morgan fingerprint density at radius 2 is 2.06 bits per heavy atom. The average molecular weight is 277 g/mol. The van der Waals surface area contributed by atoms with Crippen LogP contribution in [0, 0.1) is 22.7 Å². The van der Waals surface area contributed by atoms with E-state index in [1.165, 1.54) is 0 Å². The van der Waals surface area contributed by atoms with Crippen molar-refractivity contribution in [2.75, 3.05) is 0 Å². The molecule has 0 heterocycles. The van der Waals surface area contributed by atoms with Gasteiger partial charge in [-0.2, -0.15) is 10.5 Å². The lowest BCUT2D eigenvalue weighted by molar-refractivity contribution is 0.723. The van der Waals surface area contributed by atoms with E-state index in [0.29, 0.717) is 17.9 Å². The third kappa shape index (κ3) is 2.43. The van der Waals surface area contributed by atoms with Crippen molar-refractivity contribution in [1.82, 2.24) is 0 Å². The fourth-order valence-corrected chi connectivity index (χ4v) is 2.25. The highest BCUT2D eigenvalue weighted by Gasteiger charge is 2.16. The minimum absolute atomic E-state index is 0.301. The van der Waals surface area contributed by atoms with E-state index in [9.17, 15) is 0 Å². The molecular formula is C13H13BrN2. The van der Waals surface area contributed by atoms with Crippen molar-refractivity contribution in [2.45, 2.75) is 32.6 Å². The molecule has 0 amide bonds. The Bertz CT molecular complexity index is 466. The van der Waals surface area contributed by atoms with Gasteiger partial charge in [-0.1, -0.05) is 29.8 Å². The molecule has 0 fully saturated rings. The van der Waals surface area contributed by atoms with Crippen molar-refractivity contribution in [3.63, 3.8) is 0 Å². The Morgan fingerprint density at radius 1 is 1.38 bits per heavy atom. The summed E-state index contributed by atoms with van der Waals surface area (Å²) in [6.45, 7) is 4.17. The van der Waals surface area contributed by atoms with Crippen LogP contribution in [0.3, 0.4) is 0 Å². The largest absolute Gasteiger partial charge is 0.198 e. The summed E-state index contributed by atoms with van der Waals surface area (Å²) in [6, 6.07) is 8.02. The second-order valence-corrected chi connectivity index (χ2v) is 4.60. The Morgan fingerprint density at radius 3 is 2.56 bits per heavy atom. The maximum Gasteiger partial charge on any atom is 0.0994 e. The molecule has 0 aromatic heterocycles. The normalized spacial score (nSPS) is 11.6. The van der Waals surface area contributed by atoms with E-state index >= 15 is 0 Å². The molecule has 1 atom stereocenters. The summed E-state index contributed by atoms with van der Waals surface area (Å²) >= 11 is 3.45. The van der Waals surface area contributed by atoms with Gasteiger partial charge in [0, 0.05) is 4.47 Å². The molecule has 0 aliphatic heterocycles. The van der Waals surface area contributed by atoms with E-state index in [2.05, 4.69) is 41.9 Å². The monoisotopic (exact) mass is 276 g/mol. The standard InChI is InChI=1S/C13H13BrN2/c1-3-9(2)13-10(8-16)4-5-12(14)11(13)6-7-15/h4-5,9H,3,6H2,1-2H3. The van der Waals surface area contributed by atoms with Crippen LogP contribution in [0.4, 0.5) is 0 Å². The van der Waals surface area contributed by atoms with Crippen molar-refractivity contribution < 1.29 is 0 Å². The number of rotatable bonds is 3. The van der Waals surface area contributed by atoms with E-state index in [1.807, 2.05) is 12.1 Å². The molecule has 0 saturated heterocycles. The summed E-state index contributed by atoms with van der Waals surface area (Å²) in [5, 5.41) is 17.9. The first-order chi connectivity index (χ1) is 7.65. The second-order valence-electron chi connectivity index (χ2n) is 3.74. The predicted octanol–water partition coefficient (Wildman–Crippen LogP) is 3.90. The van der Waals surface area contributed by atoms with Gasteiger partial charge < -0.3 is 0 Å². The van der Waals surface area contributed by atoms with Crippen LogP contribution in [-0.4, -0.2) is 0 Å². The van der Waals surface area contributed by atoms with Crippen molar-refractivity contribution in [3.8, 4) is 12.1 Å². The van der Waals surface area contributed by atoms with E-state index < -0.39 is 0 Å². The van der Waals surface area contributed by atoms with Gasteiger partial charge in [0.1, 0.15) is 0 Å². The maximum absolute atomic E-state index is 9.10. The lowest BCUT2D eigenvalue weighted by Crippen LogP contribution is -2.03. The second kappa shape index (κ2) is 5.68. The zero-order chi connectivity index (χ0) is 12.1. The highest BCUT2D eigenvalue weighted by atomic mass is 79.9. The van der Waals surface area contributed by atoms with Gasteiger partial charge in [-0.15, -0.1) is 0 Å². The first-order valence-electron chi connectivity index (χ1n) is 5.24. The molecule has 1 aromatic carbocycles.